The van der Waals surface area contributed by atoms with E-state index in [0.29, 0.717) is 12.0 Å². The lowest BCUT2D eigenvalue weighted by molar-refractivity contribution is 0.0929. The SMILES string of the molecule is C=CCc1cc(/C=N/NC(=O)c2cc3cc(Br)ccc3o2)ccc1O. The number of carbonyl (C=O) groups is 1. The maximum Gasteiger partial charge on any atom is 0.307 e. The van der Waals surface area contributed by atoms with E-state index in [-0.39, 0.29) is 11.5 Å². The second-order valence-electron chi connectivity index (χ2n) is 5.37. The van der Waals surface area contributed by atoms with E-state index in [2.05, 4.69) is 33.0 Å². The molecule has 0 unspecified atom stereocenters. The highest BCUT2D eigenvalue weighted by atomic mass is 79.9. The van der Waals surface area contributed by atoms with Gasteiger partial charge in [0.1, 0.15) is 11.3 Å². The normalized spacial score (nSPS) is 11.1. The molecule has 1 aromatic heterocycles. The Morgan fingerprint density at radius 1 is 1.28 bits per heavy atom. The third-order valence-corrected chi connectivity index (χ3v) is 4.04. The molecule has 0 aliphatic rings. The molecular weight excluding hydrogens is 384 g/mol. The Hall–Kier alpha value is -2.86. The number of nitrogens with zero attached hydrogens (tertiary/aromatic N) is 1. The first-order valence-electron chi connectivity index (χ1n) is 7.52. The predicted octanol–water partition coefficient (Wildman–Crippen LogP) is 4.39. The Balaban J connectivity index is 1.71. The molecule has 0 atom stereocenters. The zero-order valence-corrected chi connectivity index (χ0v) is 14.8. The van der Waals surface area contributed by atoms with Gasteiger partial charge in [0.25, 0.3) is 0 Å². The van der Waals surface area contributed by atoms with Crippen molar-refractivity contribution in [2.75, 3.05) is 0 Å². The lowest BCUT2D eigenvalue weighted by atomic mass is 10.1. The van der Waals surface area contributed by atoms with Crippen molar-refractivity contribution in [1.82, 2.24) is 5.43 Å². The zero-order chi connectivity index (χ0) is 17.8. The molecule has 3 rings (SSSR count). The number of fused-ring (bicyclic) bond motifs is 1. The average Bonchev–Trinajstić information content (AvgIpc) is 3.01. The van der Waals surface area contributed by atoms with E-state index in [1.807, 2.05) is 12.1 Å². The van der Waals surface area contributed by atoms with Crippen LogP contribution in [0.15, 0.2) is 69.1 Å². The van der Waals surface area contributed by atoms with Crippen LogP contribution in [-0.2, 0) is 6.42 Å². The number of aromatic hydroxyl groups is 1. The van der Waals surface area contributed by atoms with Gasteiger partial charge >= 0.3 is 5.91 Å². The average molecular weight is 399 g/mol. The number of phenols is 1. The summed E-state index contributed by atoms with van der Waals surface area (Å²) in [6.45, 7) is 3.65. The lowest BCUT2D eigenvalue weighted by Crippen LogP contribution is -2.16. The molecule has 6 heteroatoms. The first-order chi connectivity index (χ1) is 12.1. The first-order valence-corrected chi connectivity index (χ1v) is 8.31. The fourth-order valence-corrected chi connectivity index (χ4v) is 2.73. The van der Waals surface area contributed by atoms with Gasteiger partial charge in [-0.1, -0.05) is 22.0 Å². The molecule has 0 radical (unpaired) electrons. The lowest BCUT2D eigenvalue weighted by Gasteiger charge is -2.02. The van der Waals surface area contributed by atoms with E-state index >= 15 is 0 Å². The molecule has 0 spiro atoms. The number of halogens is 1. The second-order valence-corrected chi connectivity index (χ2v) is 6.29. The number of benzene rings is 2. The summed E-state index contributed by atoms with van der Waals surface area (Å²) in [5, 5.41) is 14.5. The van der Waals surface area contributed by atoms with Gasteiger partial charge in [-0.25, -0.2) is 5.43 Å². The zero-order valence-electron chi connectivity index (χ0n) is 13.2. The van der Waals surface area contributed by atoms with Gasteiger partial charge in [-0.15, -0.1) is 6.58 Å². The quantitative estimate of drug-likeness (QED) is 0.380. The van der Waals surface area contributed by atoms with Gasteiger partial charge in [-0.05, 0) is 60.0 Å². The first kappa shape index (κ1) is 17.0. The van der Waals surface area contributed by atoms with Crippen molar-refractivity contribution in [3.63, 3.8) is 0 Å². The Morgan fingerprint density at radius 3 is 2.92 bits per heavy atom. The summed E-state index contributed by atoms with van der Waals surface area (Å²) in [5.41, 5.74) is 4.56. The molecule has 5 nitrogen and oxygen atoms in total. The molecule has 1 amide bonds. The maximum atomic E-state index is 12.1. The number of amides is 1. The van der Waals surface area contributed by atoms with Gasteiger partial charge in [0.05, 0.1) is 6.21 Å². The molecular formula is C19H15BrN2O3. The Kier molecular flexibility index (Phi) is 5.00. The van der Waals surface area contributed by atoms with Crippen LogP contribution in [0.3, 0.4) is 0 Å². The van der Waals surface area contributed by atoms with Crippen molar-refractivity contribution < 1.29 is 14.3 Å². The van der Waals surface area contributed by atoms with Gasteiger partial charge in [0, 0.05) is 9.86 Å². The molecule has 0 fully saturated rings. The van der Waals surface area contributed by atoms with E-state index in [1.165, 1.54) is 6.21 Å². The van der Waals surface area contributed by atoms with Gasteiger partial charge in [0.2, 0.25) is 0 Å². The van der Waals surface area contributed by atoms with Crippen LogP contribution in [0, 0.1) is 0 Å². The summed E-state index contributed by atoms with van der Waals surface area (Å²) < 4.78 is 6.41. The number of nitrogens with one attached hydrogen (secondary N) is 1. The molecule has 2 N–H and O–H groups in total. The van der Waals surface area contributed by atoms with Crippen LogP contribution in [0.25, 0.3) is 11.0 Å². The van der Waals surface area contributed by atoms with Gasteiger partial charge in [0.15, 0.2) is 5.76 Å². The van der Waals surface area contributed by atoms with Crippen LogP contribution in [0.1, 0.15) is 21.7 Å². The van der Waals surface area contributed by atoms with Crippen molar-refractivity contribution in [3.05, 3.63) is 76.5 Å². The number of hydrazone groups is 1. The monoisotopic (exact) mass is 398 g/mol. The fraction of sp³-hybridized carbons (Fsp3) is 0.0526. The van der Waals surface area contributed by atoms with Crippen molar-refractivity contribution in [1.29, 1.82) is 0 Å². The molecule has 0 bridgehead atoms. The minimum Gasteiger partial charge on any atom is -0.508 e. The maximum absolute atomic E-state index is 12.1. The number of carbonyl (C=O) groups excluding carboxylic acids is 1. The number of rotatable bonds is 5. The van der Waals surface area contributed by atoms with Crippen molar-refractivity contribution in [2.45, 2.75) is 6.42 Å². The molecule has 2 aromatic carbocycles. The van der Waals surface area contributed by atoms with Gasteiger partial charge in [-0.2, -0.15) is 5.10 Å². The summed E-state index contributed by atoms with van der Waals surface area (Å²) in [7, 11) is 0. The van der Waals surface area contributed by atoms with Crippen molar-refractivity contribution in [3.8, 4) is 5.75 Å². The number of hydrogen-bond acceptors (Lipinski definition) is 4. The molecule has 0 saturated heterocycles. The molecule has 1 heterocycles. The topological polar surface area (TPSA) is 74.8 Å². The summed E-state index contributed by atoms with van der Waals surface area (Å²) in [5.74, 6) is -0.0495. The van der Waals surface area contributed by atoms with Crippen LogP contribution in [0.5, 0.6) is 5.75 Å². The van der Waals surface area contributed by atoms with E-state index in [4.69, 9.17) is 4.42 Å². The van der Waals surface area contributed by atoms with Crippen LogP contribution in [-0.4, -0.2) is 17.2 Å². The summed E-state index contributed by atoms with van der Waals surface area (Å²) >= 11 is 3.38. The van der Waals surface area contributed by atoms with Crippen molar-refractivity contribution in [2.24, 2.45) is 5.10 Å². The van der Waals surface area contributed by atoms with Crippen LogP contribution >= 0.6 is 15.9 Å². The van der Waals surface area contributed by atoms with E-state index in [9.17, 15) is 9.90 Å². The molecule has 25 heavy (non-hydrogen) atoms. The number of furan rings is 1. The molecule has 0 aliphatic carbocycles. The summed E-state index contributed by atoms with van der Waals surface area (Å²) in [6.07, 6.45) is 3.76. The summed E-state index contributed by atoms with van der Waals surface area (Å²) in [6, 6.07) is 12.2. The Morgan fingerprint density at radius 2 is 2.12 bits per heavy atom. The third kappa shape index (κ3) is 3.97. The van der Waals surface area contributed by atoms with Crippen molar-refractivity contribution >= 4 is 39.0 Å². The number of hydrogen-bond donors (Lipinski definition) is 2. The standard InChI is InChI=1S/C19H15BrN2O3/c1-2-3-13-8-12(4-6-16(13)23)11-21-22-19(24)18-10-14-9-15(20)5-7-17(14)25-18/h2,4-11,23H,1,3H2,(H,22,24)/b21-11+. The van der Waals surface area contributed by atoms with Gasteiger partial charge in [-0.3, -0.25) is 4.79 Å². The second kappa shape index (κ2) is 7.36. The number of allylic oxidation sites excluding steroid dienone is 1. The number of phenolic OH excluding ortho intramolecular Hbond substituents is 1. The summed E-state index contributed by atoms with van der Waals surface area (Å²) in [4.78, 5) is 12.1. The molecule has 126 valence electrons. The Labute approximate surface area is 152 Å². The highest BCUT2D eigenvalue weighted by molar-refractivity contribution is 9.10. The molecule has 0 saturated carbocycles. The highest BCUT2D eigenvalue weighted by Crippen LogP contribution is 2.23. The molecule has 0 aliphatic heterocycles. The van der Waals surface area contributed by atoms with Crippen LogP contribution in [0.4, 0.5) is 0 Å². The van der Waals surface area contributed by atoms with Crippen LogP contribution < -0.4 is 5.43 Å². The minimum atomic E-state index is -0.436. The van der Waals surface area contributed by atoms with E-state index < -0.39 is 5.91 Å². The minimum absolute atomic E-state index is 0.184. The van der Waals surface area contributed by atoms with Crippen LogP contribution in [0.2, 0.25) is 0 Å². The largest absolute Gasteiger partial charge is 0.508 e. The van der Waals surface area contributed by atoms with Gasteiger partial charge < -0.3 is 9.52 Å². The smallest absolute Gasteiger partial charge is 0.307 e. The van der Waals surface area contributed by atoms with E-state index in [0.717, 1.165) is 21.0 Å². The van der Waals surface area contributed by atoms with E-state index in [1.54, 1.807) is 36.4 Å². The third-order valence-electron chi connectivity index (χ3n) is 3.55. The molecule has 3 aromatic rings. The Bertz CT molecular complexity index is 976. The predicted molar refractivity (Wildman–Crippen MR) is 101 cm³/mol. The fourth-order valence-electron chi connectivity index (χ4n) is 2.35. The highest BCUT2D eigenvalue weighted by Gasteiger charge is 2.11.